The quantitative estimate of drug-likeness (QED) is 0.143. The zero-order chi connectivity index (χ0) is 37.6. The van der Waals surface area contributed by atoms with Crippen molar-refractivity contribution in [2.45, 2.75) is 64.3 Å². The fraction of sp³-hybridized carbons (Fsp3) is 0.192. The molecular formula is C52H43N3O+2. The summed E-state index contributed by atoms with van der Waals surface area (Å²) in [6.07, 6.45) is 7.43. The van der Waals surface area contributed by atoms with Gasteiger partial charge in [-0.05, 0) is 97.0 Å². The predicted molar refractivity (Wildman–Crippen MR) is 230 cm³/mol. The Morgan fingerprint density at radius 3 is 2.43 bits per heavy atom. The third kappa shape index (κ3) is 4.30. The highest BCUT2D eigenvalue weighted by atomic mass is 16.3. The second kappa shape index (κ2) is 11.2. The topological polar surface area (TPSA) is 25.3 Å². The normalized spacial score (nSPS) is 17.1. The first-order chi connectivity index (χ1) is 27.2. The zero-order valence-electron chi connectivity index (χ0n) is 32.4. The minimum atomic E-state index is -0.00995. The van der Waals surface area contributed by atoms with Crippen molar-refractivity contribution < 1.29 is 13.6 Å². The average Bonchev–Trinajstić information content (AvgIpc) is 3.85. The molecule has 0 spiro atoms. The smallest absolute Gasteiger partial charge is 0.218 e. The van der Waals surface area contributed by atoms with E-state index in [-0.39, 0.29) is 11.5 Å². The number of furan rings is 1. The fourth-order valence-electron chi connectivity index (χ4n) is 10.6. The van der Waals surface area contributed by atoms with Gasteiger partial charge in [0.1, 0.15) is 11.2 Å². The Labute approximate surface area is 325 Å². The molecule has 56 heavy (non-hydrogen) atoms. The second-order valence-electron chi connectivity index (χ2n) is 17.5. The van der Waals surface area contributed by atoms with Crippen LogP contribution in [0.25, 0.3) is 88.2 Å². The number of allylic oxidation sites excluding steroid dienone is 1. The molecule has 2 aliphatic rings. The van der Waals surface area contributed by atoms with Gasteiger partial charge in [-0.1, -0.05) is 68.8 Å². The van der Waals surface area contributed by atoms with E-state index in [0.29, 0.717) is 5.92 Å². The number of para-hydroxylation sites is 1. The van der Waals surface area contributed by atoms with Crippen molar-refractivity contribution in [2.75, 3.05) is 0 Å². The van der Waals surface area contributed by atoms with Gasteiger partial charge in [-0.15, -0.1) is 0 Å². The van der Waals surface area contributed by atoms with Crippen LogP contribution in [-0.4, -0.2) is 4.40 Å². The minimum absolute atomic E-state index is 0.00995. The third-order valence-electron chi connectivity index (χ3n) is 13.2. The maximum Gasteiger partial charge on any atom is 0.218 e. The summed E-state index contributed by atoms with van der Waals surface area (Å²) < 4.78 is 14.2. The summed E-state index contributed by atoms with van der Waals surface area (Å²) in [6, 6.07) is 43.6. The van der Waals surface area contributed by atoms with E-state index in [1.807, 2.05) is 0 Å². The molecule has 2 atom stereocenters. The molecule has 0 fully saturated rings. The van der Waals surface area contributed by atoms with Crippen molar-refractivity contribution in [1.29, 1.82) is 0 Å². The molecule has 0 radical (unpaired) electrons. The van der Waals surface area contributed by atoms with Gasteiger partial charge in [0.15, 0.2) is 24.1 Å². The summed E-state index contributed by atoms with van der Waals surface area (Å²) in [4.78, 5) is 0. The molecule has 0 saturated carbocycles. The fourth-order valence-corrected chi connectivity index (χ4v) is 10.6. The van der Waals surface area contributed by atoms with Crippen LogP contribution in [-0.2, 0) is 11.8 Å². The Balaban J connectivity index is 1.18. The van der Waals surface area contributed by atoms with Gasteiger partial charge in [0.05, 0.1) is 28.5 Å². The van der Waals surface area contributed by atoms with Crippen LogP contribution in [0.5, 0.6) is 0 Å². The van der Waals surface area contributed by atoms with E-state index in [2.05, 4.69) is 169 Å². The van der Waals surface area contributed by atoms with E-state index < -0.39 is 0 Å². The molecule has 4 nitrogen and oxygen atoms in total. The van der Waals surface area contributed by atoms with Gasteiger partial charge in [-0.2, -0.15) is 9.13 Å². The lowest BCUT2D eigenvalue weighted by Crippen LogP contribution is -2.49. The molecule has 0 N–H and O–H groups in total. The van der Waals surface area contributed by atoms with E-state index in [4.69, 9.17) is 11.0 Å². The number of benzene rings is 5. The highest BCUT2D eigenvalue weighted by Crippen LogP contribution is 2.49. The van der Waals surface area contributed by atoms with E-state index >= 15 is 0 Å². The van der Waals surface area contributed by atoms with Crippen molar-refractivity contribution >= 4 is 65.7 Å². The number of pyridine rings is 2. The van der Waals surface area contributed by atoms with E-state index in [0.717, 1.165) is 36.1 Å². The van der Waals surface area contributed by atoms with Gasteiger partial charge in [-0.25, -0.2) is 0 Å². The first-order valence-corrected chi connectivity index (χ1v) is 20.1. The second-order valence-corrected chi connectivity index (χ2v) is 17.5. The summed E-state index contributed by atoms with van der Waals surface area (Å²) in [5.41, 5.74) is 17.3. The molecule has 0 saturated heterocycles. The standard InChI is InChI=1S/C52H43N3O/c1-30-17-20-43-41(24-30)50-49-37-14-8-9-16-47(37)56-48(49)29-40-39-28-38-32(26-46(39)55(43)51(40)50)18-19-36-34-12-6-7-13-35(34)42-15-10-11-22-54(42)44(36)25-31(2)53-23-21-33(27-45(38)53)52(3,4)5/h6-17,20-24,26-29,36,44H,2,18-19,25H2,1,3-5H3/q+2. The Morgan fingerprint density at radius 2 is 1.54 bits per heavy atom. The van der Waals surface area contributed by atoms with Crippen LogP contribution in [0.2, 0.25) is 0 Å². The lowest BCUT2D eigenvalue weighted by molar-refractivity contribution is -0.720. The predicted octanol–water partition coefficient (Wildman–Crippen LogP) is 12.4. The largest absolute Gasteiger partial charge is 0.456 e. The average molecular weight is 726 g/mol. The maximum atomic E-state index is 6.67. The van der Waals surface area contributed by atoms with Crippen molar-refractivity contribution in [2.24, 2.45) is 0 Å². The number of nitrogens with zero attached hydrogens (tertiary/aromatic N) is 3. The van der Waals surface area contributed by atoms with Crippen LogP contribution in [0.1, 0.15) is 67.8 Å². The molecule has 270 valence electrons. The van der Waals surface area contributed by atoms with E-state index in [1.54, 1.807) is 0 Å². The molecule has 5 aromatic heterocycles. The molecule has 10 aromatic rings. The number of fused-ring (bicyclic) bond motifs is 19. The zero-order valence-corrected chi connectivity index (χ0v) is 32.4. The SMILES string of the molecule is C=C1CC2C(CCc3cc4c(cc3-c3cc(C(C)(C)C)cc[n+]31)c1cc3oc5ccccc5c3c3c5cc(C)ccc5n4c13)c1ccccc1-c1cccc[n+]12. The van der Waals surface area contributed by atoms with Gasteiger partial charge in [0.2, 0.25) is 11.4 Å². The summed E-state index contributed by atoms with van der Waals surface area (Å²) in [7, 11) is 0. The number of hydrogen-bond acceptors (Lipinski definition) is 1. The molecule has 12 rings (SSSR count). The Kier molecular flexibility index (Phi) is 6.39. The van der Waals surface area contributed by atoms with Crippen molar-refractivity contribution in [3.8, 4) is 22.5 Å². The Bertz CT molecular complexity index is 3320. The highest BCUT2D eigenvalue weighted by molar-refractivity contribution is 6.34. The number of aromatic nitrogens is 3. The van der Waals surface area contributed by atoms with Crippen LogP contribution in [0.15, 0.2) is 139 Å². The van der Waals surface area contributed by atoms with Crippen molar-refractivity contribution in [1.82, 2.24) is 4.40 Å². The summed E-state index contributed by atoms with van der Waals surface area (Å²) in [5.74, 6) is 0.333. The van der Waals surface area contributed by atoms with Crippen LogP contribution in [0.4, 0.5) is 0 Å². The number of aryl methyl sites for hydroxylation is 2. The molecule has 2 unspecified atom stereocenters. The van der Waals surface area contributed by atoms with Gasteiger partial charge in [0, 0.05) is 68.1 Å². The van der Waals surface area contributed by atoms with Gasteiger partial charge in [0.25, 0.3) is 0 Å². The number of rotatable bonds is 0. The van der Waals surface area contributed by atoms with Gasteiger partial charge >= 0.3 is 0 Å². The molecular weight excluding hydrogens is 683 g/mol. The summed E-state index contributed by atoms with van der Waals surface area (Å²) in [5, 5.41) is 7.45. The third-order valence-corrected chi connectivity index (χ3v) is 13.2. The lowest BCUT2D eigenvalue weighted by Gasteiger charge is -2.31. The van der Waals surface area contributed by atoms with Crippen LogP contribution in [0.3, 0.4) is 0 Å². The van der Waals surface area contributed by atoms with Crippen molar-refractivity contribution in [3.05, 3.63) is 156 Å². The van der Waals surface area contributed by atoms with Crippen LogP contribution in [0, 0.1) is 6.92 Å². The van der Waals surface area contributed by atoms with Crippen molar-refractivity contribution in [3.63, 3.8) is 0 Å². The molecule has 0 bridgehead atoms. The molecule has 2 aliphatic heterocycles. The first-order valence-electron chi connectivity index (χ1n) is 20.1. The maximum absolute atomic E-state index is 6.67. The summed E-state index contributed by atoms with van der Waals surface area (Å²) in [6.45, 7) is 14.0. The first kappa shape index (κ1) is 32.0. The van der Waals surface area contributed by atoms with Crippen LogP contribution < -0.4 is 9.13 Å². The van der Waals surface area contributed by atoms with E-state index in [9.17, 15) is 0 Å². The molecule has 7 heterocycles. The Morgan fingerprint density at radius 1 is 0.696 bits per heavy atom. The molecule has 0 amide bonds. The van der Waals surface area contributed by atoms with Gasteiger partial charge < -0.3 is 8.82 Å². The lowest BCUT2D eigenvalue weighted by atomic mass is 9.77. The van der Waals surface area contributed by atoms with Crippen LogP contribution >= 0.6 is 0 Å². The summed E-state index contributed by atoms with van der Waals surface area (Å²) >= 11 is 0. The Hall–Kier alpha value is -6.26. The molecule has 5 aromatic carbocycles. The monoisotopic (exact) mass is 725 g/mol. The highest BCUT2D eigenvalue weighted by Gasteiger charge is 2.42. The molecule has 0 aliphatic carbocycles. The minimum Gasteiger partial charge on any atom is -0.456 e. The molecule has 4 heteroatoms. The van der Waals surface area contributed by atoms with E-state index in [1.165, 1.54) is 93.6 Å². The van der Waals surface area contributed by atoms with Gasteiger partial charge in [-0.3, -0.25) is 0 Å². The number of hydrogen-bond donors (Lipinski definition) is 0.